The minimum absolute atomic E-state index is 0.0135. The zero-order valence-electron chi connectivity index (χ0n) is 10.1. The van der Waals surface area contributed by atoms with Crippen molar-refractivity contribution in [1.29, 1.82) is 0 Å². The van der Waals surface area contributed by atoms with E-state index in [9.17, 15) is 4.79 Å². The van der Waals surface area contributed by atoms with E-state index in [-0.39, 0.29) is 12.6 Å². The molecule has 1 atom stereocenters. The van der Waals surface area contributed by atoms with E-state index in [4.69, 9.17) is 9.84 Å². The molecule has 0 fully saturated rings. The van der Waals surface area contributed by atoms with Gasteiger partial charge in [-0.3, -0.25) is 9.69 Å². The summed E-state index contributed by atoms with van der Waals surface area (Å²) >= 11 is 3.47. The molecule has 1 rings (SSSR count). The molecule has 0 saturated heterocycles. The molecule has 0 aliphatic carbocycles. The lowest BCUT2D eigenvalue weighted by Crippen LogP contribution is -2.28. The van der Waals surface area contributed by atoms with Gasteiger partial charge in [0.1, 0.15) is 5.75 Å². The van der Waals surface area contributed by atoms with Crippen molar-refractivity contribution < 1.29 is 14.6 Å². The van der Waals surface area contributed by atoms with Crippen LogP contribution in [0.2, 0.25) is 0 Å². The summed E-state index contributed by atoms with van der Waals surface area (Å²) in [4.78, 5) is 12.4. The lowest BCUT2D eigenvalue weighted by molar-refractivity contribution is -0.138. The Hall–Kier alpha value is -1.07. The number of methoxy groups -OCH3 is 1. The van der Waals surface area contributed by atoms with Crippen LogP contribution >= 0.6 is 15.9 Å². The van der Waals surface area contributed by atoms with Crippen molar-refractivity contribution in [2.45, 2.75) is 13.0 Å². The third-order valence-corrected chi connectivity index (χ3v) is 3.39. The highest BCUT2D eigenvalue weighted by Gasteiger charge is 2.16. The van der Waals surface area contributed by atoms with E-state index >= 15 is 0 Å². The molecule has 0 heterocycles. The molecule has 1 unspecified atom stereocenters. The number of benzene rings is 1. The number of nitrogens with zero attached hydrogens (tertiary/aromatic N) is 1. The van der Waals surface area contributed by atoms with Gasteiger partial charge in [0.15, 0.2) is 0 Å². The number of hydrogen-bond donors (Lipinski definition) is 1. The predicted octanol–water partition coefficient (Wildman–Crippen LogP) is 2.54. The highest BCUT2D eigenvalue weighted by Crippen LogP contribution is 2.29. The maximum absolute atomic E-state index is 10.7. The Balaban J connectivity index is 2.88. The minimum atomic E-state index is -0.830. The molecule has 1 aromatic carbocycles. The Morgan fingerprint density at radius 2 is 2.24 bits per heavy atom. The van der Waals surface area contributed by atoms with Gasteiger partial charge in [-0.15, -0.1) is 0 Å². The molecule has 1 aromatic rings. The Labute approximate surface area is 109 Å². The lowest BCUT2D eigenvalue weighted by Gasteiger charge is -2.24. The quantitative estimate of drug-likeness (QED) is 0.908. The fourth-order valence-corrected chi connectivity index (χ4v) is 2.25. The first-order valence-corrected chi connectivity index (χ1v) is 6.00. The Morgan fingerprint density at radius 1 is 1.59 bits per heavy atom. The second-order valence-corrected chi connectivity index (χ2v) is 4.73. The van der Waals surface area contributed by atoms with Crippen LogP contribution in [0.3, 0.4) is 0 Å². The van der Waals surface area contributed by atoms with Crippen molar-refractivity contribution >= 4 is 21.9 Å². The number of carboxylic acids is 1. The average Bonchev–Trinajstić information content (AvgIpc) is 2.27. The molecule has 0 bridgehead atoms. The zero-order valence-corrected chi connectivity index (χ0v) is 11.7. The van der Waals surface area contributed by atoms with Gasteiger partial charge in [0, 0.05) is 10.5 Å². The fraction of sp³-hybridized carbons (Fsp3) is 0.417. The third-order valence-electron chi connectivity index (χ3n) is 2.70. The van der Waals surface area contributed by atoms with Gasteiger partial charge in [0.2, 0.25) is 0 Å². The van der Waals surface area contributed by atoms with Crippen molar-refractivity contribution in [1.82, 2.24) is 4.90 Å². The van der Waals surface area contributed by atoms with Crippen molar-refractivity contribution in [3.8, 4) is 5.75 Å². The molecule has 94 valence electrons. The summed E-state index contributed by atoms with van der Waals surface area (Å²) in [5.74, 6) is -0.0577. The summed E-state index contributed by atoms with van der Waals surface area (Å²) in [6.45, 7) is 1.98. The minimum Gasteiger partial charge on any atom is -0.497 e. The van der Waals surface area contributed by atoms with E-state index in [1.807, 2.05) is 25.1 Å². The van der Waals surface area contributed by atoms with E-state index in [2.05, 4.69) is 15.9 Å². The van der Waals surface area contributed by atoms with Crippen LogP contribution in [-0.4, -0.2) is 36.7 Å². The number of carbonyl (C=O) groups is 1. The second-order valence-electron chi connectivity index (χ2n) is 3.87. The number of ether oxygens (including phenoxy) is 1. The van der Waals surface area contributed by atoms with E-state index in [0.717, 1.165) is 15.8 Å². The predicted molar refractivity (Wildman–Crippen MR) is 69.4 cm³/mol. The molecule has 0 radical (unpaired) electrons. The van der Waals surface area contributed by atoms with Gasteiger partial charge in [-0.2, -0.15) is 0 Å². The highest BCUT2D eigenvalue weighted by atomic mass is 79.9. The van der Waals surface area contributed by atoms with Gasteiger partial charge >= 0.3 is 5.97 Å². The molecule has 0 aromatic heterocycles. The smallest absolute Gasteiger partial charge is 0.317 e. The molecule has 0 spiro atoms. The number of carboxylic acid groups (broad SMARTS) is 1. The average molecular weight is 302 g/mol. The van der Waals surface area contributed by atoms with Gasteiger partial charge in [-0.25, -0.2) is 0 Å². The molecule has 4 nitrogen and oxygen atoms in total. The molecular formula is C12H16BrNO3. The molecule has 5 heteroatoms. The fourth-order valence-electron chi connectivity index (χ4n) is 1.56. The molecule has 0 aliphatic heterocycles. The van der Waals surface area contributed by atoms with Crippen molar-refractivity contribution in [2.24, 2.45) is 0 Å². The molecule has 17 heavy (non-hydrogen) atoms. The van der Waals surface area contributed by atoms with Gasteiger partial charge in [-0.05, 0) is 31.7 Å². The van der Waals surface area contributed by atoms with Gasteiger partial charge in [0.05, 0.1) is 13.7 Å². The van der Waals surface area contributed by atoms with Crippen LogP contribution in [0.25, 0.3) is 0 Å². The second kappa shape index (κ2) is 6.02. The maximum Gasteiger partial charge on any atom is 0.317 e. The Kier molecular flexibility index (Phi) is 4.96. The normalized spacial score (nSPS) is 12.5. The first kappa shape index (κ1) is 14.0. The summed E-state index contributed by atoms with van der Waals surface area (Å²) in [6, 6.07) is 5.70. The first-order chi connectivity index (χ1) is 7.95. The largest absolute Gasteiger partial charge is 0.497 e. The third kappa shape index (κ3) is 3.71. The van der Waals surface area contributed by atoms with E-state index < -0.39 is 5.97 Å². The Morgan fingerprint density at radius 3 is 2.71 bits per heavy atom. The van der Waals surface area contributed by atoms with Crippen LogP contribution in [0, 0.1) is 0 Å². The van der Waals surface area contributed by atoms with Crippen LogP contribution in [0.5, 0.6) is 5.75 Å². The summed E-state index contributed by atoms with van der Waals surface area (Å²) < 4.78 is 6.04. The SMILES string of the molecule is COc1ccc(C(C)N(C)CC(=O)O)c(Br)c1. The van der Waals surface area contributed by atoms with Crippen LogP contribution in [0.15, 0.2) is 22.7 Å². The van der Waals surface area contributed by atoms with Crippen molar-refractivity contribution in [3.05, 3.63) is 28.2 Å². The molecule has 1 N–H and O–H groups in total. The highest BCUT2D eigenvalue weighted by molar-refractivity contribution is 9.10. The zero-order chi connectivity index (χ0) is 13.0. The maximum atomic E-state index is 10.7. The van der Waals surface area contributed by atoms with E-state index in [0.29, 0.717) is 0 Å². The lowest BCUT2D eigenvalue weighted by atomic mass is 10.1. The number of hydrogen-bond acceptors (Lipinski definition) is 3. The number of halogens is 1. The monoisotopic (exact) mass is 301 g/mol. The van der Waals surface area contributed by atoms with Gasteiger partial charge < -0.3 is 9.84 Å². The number of likely N-dealkylation sites (N-methyl/N-ethyl adjacent to an activating group) is 1. The molecule has 0 saturated carbocycles. The summed E-state index contributed by atoms with van der Waals surface area (Å²) in [5, 5.41) is 8.76. The van der Waals surface area contributed by atoms with E-state index in [1.54, 1.807) is 19.1 Å². The number of rotatable bonds is 5. The summed E-state index contributed by atoms with van der Waals surface area (Å²) in [6.07, 6.45) is 0. The standard InChI is InChI=1S/C12H16BrNO3/c1-8(14(2)7-12(15)16)10-5-4-9(17-3)6-11(10)13/h4-6,8H,7H2,1-3H3,(H,15,16). The van der Waals surface area contributed by atoms with Gasteiger partial charge in [0.25, 0.3) is 0 Å². The van der Waals surface area contributed by atoms with Crippen LogP contribution in [-0.2, 0) is 4.79 Å². The molecule has 0 amide bonds. The number of aliphatic carboxylic acids is 1. The van der Waals surface area contributed by atoms with Crippen LogP contribution in [0.4, 0.5) is 0 Å². The Bertz CT molecular complexity index is 409. The first-order valence-electron chi connectivity index (χ1n) is 5.21. The topological polar surface area (TPSA) is 49.8 Å². The van der Waals surface area contributed by atoms with Crippen molar-refractivity contribution in [3.63, 3.8) is 0 Å². The van der Waals surface area contributed by atoms with Crippen molar-refractivity contribution in [2.75, 3.05) is 20.7 Å². The molecular weight excluding hydrogens is 286 g/mol. The summed E-state index contributed by atoms with van der Waals surface area (Å²) in [5.41, 5.74) is 1.04. The van der Waals surface area contributed by atoms with Crippen LogP contribution < -0.4 is 4.74 Å². The van der Waals surface area contributed by atoms with Gasteiger partial charge in [-0.1, -0.05) is 22.0 Å². The van der Waals surface area contributed by atoms with E-state index in [1.165, 1.54) is 0 Å². The summed E-state index contributed by atoms with van der Waals surface area (Å²) in [7, 11) is 3.40. The van der Waals surface area contributed by atoms with Crippen LogP contribution in [0.1, 0.15) is 18.5 Å². The molecule has 0 aliphatic rings.